The highest BCUT2D eigenvalue weighted by molar-refractivity contribution is 7.89. The number of rotatable bonds is 10. The normalized spacial score (nSPS) is 14.7. The lowest BCUT2D eigenvalue weighted by Gasteiger charge is -2.32. The number of ether oxygens (including phenoxy) is 1. The summed E-state index contributed by atoms with van der Waals surface area (Å²) in [5.74, 6) is 0.208. The second-order valence-electron chi connectivity index (χ2n) is 8.80. The van der Waals surface area contributed by atoms with Crippen LogP contribution in [0.4, 0.5) is 0 Å². The molecule has 1 aliphatic rings. The molecule has 3 aromatic rings. The van der Waals surface area contributed by atoms with Crippen LogP contribution < -0.4 is 10.2 Å². The zero-order valence-corrected chi connectivity index (χ0v) is 20.9. The Morgan fingerprint density at radius 1 is 0.944 bits per heavy atom. The van der Waals surface area contributed by atoms with E-state index in [1.165, 1.54) is 10.5 Å². The van der Waals surface area contributed by atoms with Crippen molar-refractivity contribution in [3.63, 3.8) is 0 Å². The first-order chi connectivity index (χ1) is 17.5. The molecule has 8 heteroatoms. The summed E-state index contributed by atoms with van der Waals surface area (Å²) in [6.07, 6.45) is 6.00. The summed E-state index contributed by atoms with van der Waals surface area (Å²) in [7, 11) is -3.80. The molecule has 7 nitrogen and oxygen atoms in total. The van der Waals surface area contributed by atoms with E-state index < -0.39 is 15.9 Å². The van der Waals surface area contributed by atoms with Gasteiger partial charge in [0, 0.05) is 6.04 Å². The molecule has 0 unspecified atom stereocenters. The molecule has 0 aliphatic heterocycles. The van der Waals surface area contributed by atoms with Gasteiger partial charge >= 0.3 is 0 Å². The van der Waals surface area contributed by atoms with Crippen LogP contribution in [-0.2, 0) is 21.4 Å². The molecule has 1 aliphatic carbocycles. The smallest absolute Gasteiger partial charge is 0.255 e. The minimum atomic E-state index is -3.80. The highest BCUT2D eigenvalue weighted by Crippen LogP contribution is 2.27. The first kappa shape index (κ1) is 25.6. The number of amides is 1. The monoisotopic (exact) mass is 505 g/mol. The van der Waals surface area contributed by atoms with Crippen LogP contribution in [0, 0.1) is 0 Å². The van der Waals surface area contributed by atoms with Gasteiger partial charge in [0.2, 0.25) is 10.0 Å². The van der Waals surface area contributed by atoms with E-state index in [0.29, 0.717) is 12.4 Å². The van der Waals surface area contributed by atoms with Crippen LogP contribution in [0.2, 0.25) is 0 Å². The van der Waals surface area contributed by atoms with Crippen LogP contribution in [0.1, 0.15) is 43.2 Å². The number of hydrazone groups is 1. The molecule has 0 aromatic heterocycles. The minimum Gasteiger partial charge on any atom is -0.489 e. The van der Waals surface area contributed by atoms with Gasteiger partial charge < -0.3 is 4.74 Å². The topological polar surface area (TPSA) is 88.1 Å². The summed E-state index contributed by atoms with van der Waals surface area (Å²) in [6.45, 7) is 0.171. The van der Waals surface area contributed by atoms with Gasteiger partial charge in [-0.15, -0.1) is 0 Å². The summed E-state index contributed by atoms with van der Waals surface area (Å²) in [5, 5.41) is 4.05. The number of nitrogens with zero attached hydrogens (tertiary/aromatic N) is 2. The molecule has 0 heterocycles. The molecule has 4 rings (SSSR count). The molecular weight excluding hydrogens is 474 g/mol. The number of carbonyl (C=O) groups is 1. The van der Waals surface area contributed by atoms with Crippen molar-refractivity contribution in [1.29, 1.82) is 0 Å². The number of hydrogen-bond acceptors (Lipinski definition) is 5. The lowest BCUT2D eigenvalue weighted by Crippen LogP contribution is -2.46. The van der Waals surface area contributed by atoms with E-state index in [9.17, 15) is 13.2 Å². The molecule has 1 amide bonds. The SMILES string of the molecule is O=C(CN(C1CCCCC1)S(=O)(=O)c1ccccc1)N/N=C\c1cccc(OCc2ccccc2)c1. The predicted molar refractivity (Wildman–Crippen MR) is 140 cm³/mol. The predicted octanol–water partition coefficient (Wildman–Crippen LogP) is 4.74. The molecule has 0 radical (unpaired) electrons. The van der Waals surface area contributed by atoms with Crippen molar-refractivity contribution >= 4 is 22.1 Å². The lowest BCUT2D eigenvalue weighted by molar-refractivity contribution is -0.121. The van der Waals surface area contributed by atoms with Crippen molar-refractivity contribution in [2.45, 2.75) is 49.6 Å². The first-order valence-corrected chi connectivity index (χ1v) is 13.6. The van der Waals surface area contributed by atoms with Gasteiger partial charge in [-0.1, -0.05) is 79.9 Å². The molecule has 0 atom stereocenters. The molecule has 36 heavy (non-hydrogen) atoms. The average Bonchev–Trinajstić information content (AvgIpc) is 2.92. The Bertz CT molecular complexity index is 1260. The molecule has 3 aromatic carbocycles. The Labute approximate surface area is 212 Å². The van der Waals surface area contributed by atoms with E-state index in [4.69, 9.17) is 4.74 Å². The summed E-state index contributed by atoms with van der Waals surface area (Å²) < 4.78 is 33.9. The van der Waals surface area contributed by atoms with E-state index in [2.05, 4.69) is 10.5 Å². The zero-order chi connectivity index (χ0) is 25.2. The van der Waals surface area contributed by atoms with Crippen LogP contribution in [0.5, 0.6) is 5.75 Å². The van der Waals surface area contributed by atoms with Gasteiger partial charge in [-0.25, -0.2) is 13.8 Å². The second kappa shape index (κ2) is 12.5. The Morgan fingerprint density at radius 3 is 2.36 bits per heavy atom. The number of carbonyl (C=O) groups excluding carboxylic acids is 1. The summed E-state index contributed by atoms with van der Waals surface area (Å²) >= 11 is 0. The van der Waals surface area contributed by atoms with Gasteiger partial charge in [-0.2, -0.15) is 9.41 Å². The van der Waals surface area contributed by atoms with Crippen molar-refractivity contribution in [3.8, 4) is 5.75 Å². The van der Waals surface area contributed by atoms with E-state index in [0.717, 1.165) is 43.2 Å². The van der Waals surface area contributed by atoms with E-state index >= 15 is 0 Å². The van der Waals surface area contributed by atoms with Gasteiger partial charge in [-0.3, -0.25) is 4.79 Å². The largest absolute Gasteiger partial charge is 0.489 e. The Kier molecular flexibility index (Phi) is 8.86. The fraction of sp³-hybridized carbons (Fsp3) is 0.286. The van der Waals surface area contributed by atoms with Gasteiger partial charge in [0.15, 0.2) is 0 Å². The number of hydrogen-bond donors (Lipinski definition) is 1. The maximum atomic E-state index is 13.4. The number of sulfonamides is 1. The van der Waals surface area contributed by atoms with Crippen LogP contribution in [0.15, 0.2) is 94.9 Å². The lowest BCUT2D eigenvalue weighted by atomic mass is 9.95. The quantitative estimate of drug-likeness (QED) is 0.318. The maximum Gasteiger partial charge on any atom is 0.255 e. The minimum absolute atomic E-state index is 0.194. The van der Waals surface area contributed by atoms with Gasteiger partial charge in [0.05, 0.1) is 17.7 Å². The molecular formula is C28H31N3O4S. The Morgan fingerprint density at radius 2 is 1.64 bits per heavy atom. The summed E-state index contributed by atoms with van der Waals surface area (Å²) in [5.41, 5.74) is 4.30. The zero-order valence-electron chi connectivity index (χ0n) is 20.1. The van der Waals surface area contributed by atoms with Crippen LogP contribution in [-0.4, -0.2) is 37.4 Å². The fourth-order valence-electron chi connectivity index (χ4n) is 4.29. The molecule has 1 N–H and O–H groups in total. The summed E-state index contributed by atoms with van der Waals surface area (Å²) in [4.78, 5) is 12.9. The standard InChI is InChI=1S/C28H31N3O4S/c32-28(21-31(25-14-6-2-7-15-25)36(33,34)27-17-8-3-9-18-27)30-29-20-24-13-10-16-26(19-24)35-22-23-11-4-1-5-12-23/h1,3-5,8-13,16-20,25H,2,6-7,14-15,21-22H2,(H,30,32)/b29-20-. The van der Waals surface area contributed by atoms with Gasteiger partial charge in [0.25, 0.3) is 5.91 Å². The molecule has 0 bridgehead atoms. The molecule has 0 spiro atoms. The molecule has 0 saturated heterocycles. The highest BCUT2D eigenvalue weighted by Gasteiger charge is 2.33. The van der Waals surface area contributed by atoms with Crippen molar-refractivity contribution in [2.24, 2.45) is 5.10 Å². The van der Waals surface area contributed by atoms with Crippen molar-refractivity contribution in [2.75, 3.05) is 6.54 Å². The van der Waals surface area contributed by atoms with Gasteiger partial charge in [0.1, 0.15) is 12.4 Å². The maximum absolute atomic E-state index is 13.4. The van der Waals surface area contributed by atoms with E-state index in [1.54, 1.807) is 30.3 Å². The van der Waals surface area contributed by atoms with Crippen molar-refractivity contribution in [1.82, 2.24) is 9.73 Å². The van der Waals surface area contributed by atoms with Crippen LogP contribution in [0.3, 0.4) is 0 Å². The van der Waals surface area contributed by atoms with E-state index in [1.807, 2.05) is 54.6 Å². The van der Waals surface area contributed by atoms with Crippen LogP contribution in [0.25, 0.3) is 0 Å². The third kappa shape index (κ3) is 7.02. The molecule has 1 saturated carbocycles. The number of benzene rings is 3. The fourth-order valence-corrected chi connectivity index (χ4v) is 5.95. The van der Waals surface area contributed by atoms with Crippen molar-refractivity contribution in [3.05, 3.63) is 96.1 Å². The average molecular weight is 506 g/mol. The van der Waals surface area contributed by atoms with E-state index in [-0.39, 0.29) is 17.5 Å². The Balaban J connectivity index is 1.38. The summed E-state index contributed by atoms with van der Waals surface area (Å²) in [6, 6.07) is 25.3. The second-order valence-corrected chi connectivity index (χ2v) is 10.7. The highest BCUT2D eigenvalue weighted by atomic mass is 32.2. The third-order valence-electron chi connectivity index (χ3n) is 6.14. The molecule has 1 fully saturated rings. The third-order valence-corrected chi connectivity index (χ3v) is 8.05. The Hall–Kier alpha value is -3.49. The van der Waals surface area contributed by atoms with Gasteiger partial charge in [-0.05, 0) is 48.2 Å². The van der Waals surface area contributed by atoms with Crippen LogP contribution >= 0.6 is 0 Å². The molecule has 188 valence electrons. The number of nitrogens with one attached hydrogen (secondary N) is 1. The first-order valence-electron chi connectivity index (χ1n) is 12.2. The van der Waals surface area contributed by atoms with Crippen molar-refractivity contribution < 1.29 is 17.9 Å².